The number of hydrogen-bond acceptors (Lipinski definition) is 5. The lowest BCUT2D eigenvalue weighted by atomic mass is 10.1. The first-order chi connectivity index (χ1) is 15.2. The highest BCUT2D eigenvalue weighted by atomic mass is 19.4. The minimum atomic E-state index is -4.68. The Morgan fingerprint density at radius 3 is 2.41 bits per heavy atom. The molecule has 1 aliphatic rings. The molecule has 3 aromatic rings. The molecule has 2 aromatic heterocycles. The summed E-state index contributed by atoms with van der Waals surface area (Å²) in [4.78, 5) is 15.2. The van der Waals surface area contributed by atoms with Gasteiger partial charge < -0.3 is 4.90 Å². The third-order valence-electron chi connectivity index (χ3n) is 5.38. The molecule has 166 valence electrons. The summed E-state index contributed by atoms with van der Waals surface area (Å²) in [6.45, 7) is 9.34. The molecular formula is C23H23F3N6. The van der Waals surface area contributed by atoms with Crippen LogP contribution in [0.1, 0.15) is 30.9 Å². The summed E-state index contributed by atoms with van der Waals surface area (Å²) in [7, 11) is 0. The van der Waals surface area contributed by atoms with Gasteiger partial charge in [0, 0.05) is 25.0 Å². The van der Waals surface area contributed by atoms with Gasteiger partial charge in [-0.15, -0.1) is 0 Å². The van der Waals surface area contributed by atoms with Crippen molar-refractivity contribution in [3.63, 3.8) is 0 Å². The monoisotopic (exact) mass is 440 g/mol. The van der Waals surface area contributed by atoms with Gasteiger partial charge in [-0.1, -0.05) is 6.07 Å². The van der Waals surface area contributed by atoms with Crippen LogP contribution in [0.15, 0.2) is 52.7 Å². The number of aliphatic imine (C=N–C) groups is 1. The van der Waals surface area contributed by atoms with Gasteiger partial charge in [0.15, 0.2) is 11.5 Å². The molecule has 0 fully saturated rings. The Labute approximate surface area is 184 Å². The van der Waals surface area contributed by atoms with E-state index in [0.717, 1.165) is 24.3 Å². The molecule has 1 aromatic carbocycles. The third-order valence-corrected chi connectivity index (χ3v) is 5.38. The van der Waals surface area contributed by atoms with E-state index in [1.165, 1.54) is 4.68 Å². The smallest absolute Gasteiger partial charge is 0.372 e. The van der Waals surface area contributed by atoms with Crippen LogP contribution < -0.4 is 4.90 Å². The Morgan fingerprint density at radius 2 is 1.81 bits per heavy atom. The summed E-state index contributed by atoms with van der Waals surface area (Å²) < 4.78 is 42.8. The molecule has 3 heterocycles. The predicted molar refractivity (Wildman–Crippen MR) is 120 cm³/mol. The maximum absolute atomic E-state index is 13.9. The van der Waals surface area contributed by atoms with Crippen molar-refractivity contribution in [3.05, 3.63) is 59.7 Å². The van der Waals surface area contributed by atoms with Crippen LogP contribution in [0.5, 0.6) is 0 Å². The first kappa shape index (κ1) is 21.7. The molecule has 0 N–H and O–H groups in total. The number of pyridine rings is 1. The zero-order chi connectivity index (χ0) is 23.0. The van der Waals surface area contributed by atoms with Crippen molar-refractivity contribution < 1.29 is 13.2 Å². The molecule has 32 heavy (non-hydrogen) atoms. The molecular weight excluding hydrogens is 417 g/mol. The van der Waals surface area contributed by atoms with Gasteiger partial charge in [0.1, 0.15) is 11.4 Å². The molecule has 6 nitrogen and oxygen atoms in total. The van der Waals surface area contributed by atoms with Crippen molar-refractivity contribution >= 4 is 22.8 Å². The van der Waals surface area contributed by atoms with Crippen molar-refractivity contribution in [1.82, 2.24) is 14.6 Å². The van der Waals surface area contributed by atoms with Crippen molar-refractivity contribution in [2.75, 3.05) is 18.0 Å². The molecule has 0 atom stereocenters. The number of fused-ring (bicyclic) bond motifs is 1. The number of rotatable bonds is 5. The standard InChI is InChI=1S/C23H23F3N6/c1-5-31(6-2)16-10-11-17(14(3)13-16)29-19-21(23(24,25)26)30-32-20(15(4)28-22(19)32)18-9-7-8-12-27-18/h7-13H,5-6H2,1-4H3. The fourth-order valence-electron chi connectivity index (χ4n) is 3.78. The highest BCUT2D eigenvalue weighted by molar-refractivity contribution is 6.51. The van der Waals surface area contributed by atoms with Crippen LogP contribution in [-0.2, 0) is 0 Å². The van der Waals surface area contributed by atoms with Crippen molar-refractivity contribution in [2.24, 2.45) is 10.1 Å². The number of benzene rings is 1. The second-order valence-corrected chi connectivity index (χ2v) is 7.45. The summed E-state index contributed by atoms with van der Waals surface area (Å²) in [5.74, 6) is 0.0581. The van der Waals surface area contributed by atoms with Gasteiger partial charge >= 0.3 is 6.18 Å². The van der Waals surface area contributed by atoms with E-state index in [9.17, 15) is 13.2 Å². The number of nitrogens with zero attached hydrogens (tertiary/aromatic N) is 6. The Morgan fingerprint density at radius 1 is 1.06 bits per heavy atom. The van der Waals surface area contributed by atoms with Crippen LogP contribution >= 0.6 is 0 Å². The zero-order valence-corrected chi connectivity index (χ0v) is 18.3. The van der Waals surface area contributed by atoms with E-state index in [-0.39, 0.29) is 11.5 Å². The fraction of sp³-hybridized carbons (Fsp3) is 0.304. The molecule has 0 radical (unpaired) electrons. The lowest BCUT2D eigenvalue weighted by Crippen LogP contribution is -2.29. The molecule has 0 saturated heterocycles. The van der Waals surface area contributed by atoms with E-state index in [2.05, 4.69) is 38.8 Å². The minimum absolute atomic E-state index is 0.0581. The second-order valence-electron chi connectivity index (χ2n) is 7.45. The number of anilines is 1. The van der Waals surface area contributed by atoms with Crippen LogP contribution in [0.2, 0.25) is 0 Å². The highest BCUT2D eigenvalue weighted by Gasteiger charge is 2.45. The Hall–Kier alpha value is -3.49. The van der Waals surface area contributed by atoms with Crippen LogP contribution in [0.25, 0.3) is 11.4 Å². The SMILES string of the molecule is CCN(CC)c1ccc(N=C2C(C(F)(F)F)=Nn3c2nc(C)c3-c2ccccn2)c(C)c1. The molecule has 1 aliphatic heterocycles. The minimum Gasteiger partial charge on any atom is -0.372 e. The van der Waals surface area contributed by atoms with Crippen LogP contribution in [0.4, 0.5) is 24.5 Å². The summed E-state index contributed by atoms with van der Waals surface area (Å²) in [5, 5.41) is 3.87. The summed E-state index contributed by atoms with van der Waals surface area (Å²) >= 11 is 0. The summed E-state index contributed by atoms with van der Waals surface area (Å²) in [5.41, 5.74) is 2.31. The predicted octanol–water partition coefficient (Wildman–Crippen LogP) is 5.31. The lowest BCUT2D eigenvalue weighted by Gasteiger charge is -2.21. The first-order valence-corrected chi connectivity index (χ1v) is 10.4. The number of aryl methyl sites for hydroxylation is 2. The largest absolute Gasteiger partial charge is 0.437 e. The number of alkyl halides is 3. The molecule has 4 rings (SSSR count). The molecule has 0 amide bonds. The number of hydrogen-bond donors (Lipinski definition) is 0. The van der Waals surface area contributed by atoms with Gasteiger partial charge in [-0.25, -0.2) is 14.7 Å². The average molecular weight is 440 g/mol. The van der Waals surface area contributed by atoms with Gasteiger partial charge in [-0.05, 0) is 63.6 Å². The highest BCUT2D eigenvalue weighted by Crippen LogP contribution is 2.33. The second kappa shape index (κ2) is 8.22. The maximum Gasteiger partial charge on any atom is 0.437 e. The van der Waals surface area contributed by atoms with Gasteiger partial charge in [0.25, 0.3) is 0 Å². The van der Waals surface area contributed by atoms with Crippen molar-refractivity contribution in [3.8, 4) is 11.4 Å². The van der Waals surface area contributed by atoms with Crippen LogP contribution in [0.3, 0.4) is 0 Å². The summed E-state index contributed by atoms with van der Waals surface area (Å²) in [6, 6.07) is 10.8. The van der Waals surface area contributed by atoms with Gasteiger partial charge in [0.05, 0.1) is 17.1 Å². The number of imidazole rings is 1. The van der Waals surface area contributed by atoms with Crippen LogP contribution in [-0.4, -0.2) is 45.3 Å². The molecule has 0 aliphatic carbocycles. The van der Waals surface area contributed by atoms with E-state index in [1.54, 1.807) is 37.4 Å². The third kappa shape index (κ3) is 3.79. The average Bonchev–Trinajstić information content (AvgIpc) is 3.26. The summed E-state index contributed by atoms with van der Waals surface area (Å²) in [6.07, 6.45) is -3.10. The number of halogens is 3. The van der Waals surface area contributed by atoms with Crippen molar-refractivity contribution in [1.29, 1.82) is 0 Å². The first-order valence-electron chi connectivity index (χ1n) is 10.4. The molecule has 9 heteroatoms. The zero-order valence-electron chi connectivity index (χ0n) is 18.3. The van der Waals surface area contributed by atoms with E-state index in [4.69, 9.17) is 0 Å². The Kier molecular flexibility index (Phi) is 5.58. The normalized spacial score (nSPS) is 14.6. The van der Waals surface area contributed by atoms with E-state index >= 15 is 0 Å². The quantitative estimate of drug-likeness (QED) is 0.540. The van der Waals surface area contributed by atoms with E-state index in [0.29, 0.717) is 22.8 Å². The molecule has 0 saturated carbocycles. The lowest BCUT2D eigenvalue weighted by molar-refractivity contribution is -0.0567. The number of aromatic nitrogens is 3. The van der Waals surface area contributed by atoms with Gasteiger partial charge in [0.2, 0.25) is 0 Å². The topological polar surface area (TPSA) is 58.7 Å². The van der Waals surface area contributed by atoms with Crippen LogP contribution in [0, 0.1) is 13.8 Å². The van der Waals surface area contributed by atoms with E-state index in [1.807, 2.05) is 19.1 Å². The van der Waals surface area contributed by atoms with Gasteiger partial charge in [-0.2, -0.15) is 18.3 Å². The molecule has 0 spiro atoms. The van der Waals surface area contributed by atoms with Gasteiger partial charge in [-0.3, -0.25) is 4.98 Å². The maximum atomic E-state index is 13.9. The van der Waals surface area contributed by atoms with Crippen molar-refractivity contribution in [2.45, 2.75) is 33.9 Å². The Balaban J connectivity index is 1.85. The Bertz CT molecular complexity index is 1200. The van der Waals surface area contributed by atoms with E-state index < -0.39 is 11.9 Å². The molecule has 0 bridgehead atoms. The molecule has 0 unspecified atom stereocenters. The fourth-order valence-corrected chi connectivity index (χ4v) is 3.78.